The lowest BCUT2D eigenvalue weighted by atomic mass is 10.00. The number of nitrogens with zero attached hydrogens (tertiary/aromatic N) is 1. The van der Waals surface area contributed by atoms with E-state index in [-0.39, 0.29) is 18.1 Å². The van der Waals surface area contributed by atoms with Crippen LogP contribution in [0.2, 0.25) is 0 Å². The Morgan fingerprint density at radius 3 is 2.29 bits per heavy atom. The Balaban J connectivity index is 1.96. The molecule has 1 aliphatic rings. The zero-order chi connectivity index (χ0) is 24.8. The molecule has 0 unspecified atom stereocenters. The fourth-order valence-corrected chi connectivity index (χ4v) is 4.18. The van der Waals surface area contributed by atoms with Crippen LogP contribution in [-0.2, 0) is 4.79 Å². The molecule has 0 fully saturated rings. The summed E-state index contributed by atoms with van der Waals surface area (Å²) < 4.78 is 30.5. The Morgan fingerprint density at radius 1 is 1.03 bits per heavy atom. The van der Waals surface area contributed by atoms with Crippen LogP contribution in [-0.4, -0.2) is 59.3 Å². The SMILES string of the molecule is COc1cc(/C=C2/C(C)=C(CC(=O)NCCCN(C)C)c3cc(F)ccc32)cc(OC)c1OC. The van der Waals surface area contributed by atoms with Crippen molar-refractivity contribution in [2.45, 2.75) is 19.8 Å². The molecule has 6 nitrogen and oxygen atoms in total. The van der Waals surface area contributed by atoms with Gasteiger partial charge in [0.05, 0.1) is 27.8 Å². The molecule has 2 aromatic rings. The molecule has 0 saturated carbocycles. The highest BCUT2D eigenvalue weighted by molar-refractivity contribution is 6.08. The second kappa shape index (κ2) is 11.2. The molecule has 0 spiro atoms. The van der Waals surface area contributed by atoms with Gasteiger partial charge in [-0.3, -0.25) is 4.79 Å². The minimum Gasteiger partial charge on any atom is -0.493 e. The van der Waals surface area contributed by atoms with Gasteiger partial charge in [-0.2, -0.15) is 0 Å². The first-order valence-corrected chi connectivity index (χ1v) is 11.2. The van der Waals surface area contributed by atoms with Crippen LogP contribution in [0, 0.1) is 5.82 Å². The topological polar surface area (TPSA) is 60.0 Å². The number of fused-ring (bicyclic) bond motifs is 1. The van der Waals surface area contributed by atoms with Crippen LogP contribution in [0.3, 0.4) is 0 Å². The lowest BCUT2D eigenvalue weighted by molar-refractivity contribution is -0.120. The van der Waals surface area contributed by atoms with Crippen molar-refractivity contribution in [1.29, 1.82) is 0 Å². The summed E-state index contributed by atoms with van der Waals surface area (Å²) in [5.74, 6) is 1.21. The number of amides is 1. The summed E-state index contributed by atoms with van der Waals surface area (Å²) >= 11 is 0. The third-order valence-electron chi connectivity index (χ3n) is 5.89. The van der Waals surface area contributed by atoms with Crippen molar-refractivity contribution >= 4 is 23.1 Å². The van der Waals surface area contributed by atoms with E-state index in [0.717, 1.165) is 46.4 Å². The van der Waals surface area contributed by atoms with Gasteiger partial charge in [-0.05, 0) is 97.7 Å². The van der Waals surface area contributed by atoms with Crippen molar-refractivity contribution in [2.24, 2.45) is 0 Å². The van der Waals surface area contributed by atoms with Gasteiger partial charge >= 0.3 is 0 Å². The lowest BCUT2D eigenvalue weighted by Gasteiger charge is -2.13. The van der Waals surface area contributed by atoms with Gasteiger partial charge in [0.15, 0.2) is 11.5 Å². The van der Waals surface area contributed by atoms with Crippen LogP contribution in [0.25, 0.3) is 17.2 Å². The molecule has 3 rings (SSSR count). The molecule has 0 bridgehead atoms. The summed E-state index contributed by atoms with van der Waals surface area (Å²) in [6.45, 7) is 3.47. The minimum atomic E-state index is -0.329. The van der Waals surface area contributed by atoms with E-state index in [2.05, 4.69) is 10.2 Å². The third kappa shape index (κ3) is 5.59. The molecule has 1 N–H and O–H groups in total. The van der Waals surface area contributed by atoms with Crippen molar-refractivity contribution in [3.8, 4) is 17.2 Å². The van der Waals surface area contributed by atoms with Crippen LogP contribution < -0.4 is 19.5 Å². The number of benzene rings is 2. The van der Waals surface area contributed by atoms with E-state index in [1.165, 1.54) is 12.1 Å². The molecule has 7 heteroatoms. The summed E-state index contributed by atoms with van der Waals surface area (Å²) in [4.78, 5) is 14.7. The predicted molar refractivity (Wildman–Crippen MR) is 134 cm³/mol. The van der Waals surface area contributed by atoms with E-state index < -0.39 is 0 Å². The number of hydrogen-bond donors (Lipinski definition) is 1. The quantitative estimate of drug-likeness (QED) is 0.515. The highest BCUT2D eigenvalue weighted by Crippen LogP contribution is 2.45. The van der Waals surface area contributed by atoms with Gasteiger partial charge in [-0.1, -0.05) is 6.07 Å². The molecule has 2 aromatic carbocycles. The Kier molecular flexibility index (Phi) is 8.34. The number of methoxy groups -OCH3 is 3. The minimum absolute atomic E-state index is 0.0719. The number of rotatable bonds is 10. The summed E-state index contributed by atoms with van der Waals surface area (Å²) in [7, 11) is 8.71. The maximum atomic E-state index is 14.2. The molecule has 1 amide bonds. The molecule has 1 aliphatic carbocycles. The standard InChI is InChI=1S/C27H33FN2O4/c1-17-21(12-18-13-24(32-4)27(34-6)25(14-18)33-5)20-9-8-19(28)15-23(20)22(17)16-26(31)29-10-7-11-30(2)3/h8-9,12-15H,7,10-11,16H2,1-6H3,(H,29,31)/b21-12-. The molecule has 0 saturated heterocycles. The van der Waals surface area contributed by atoms with Crippen molar-refractivity contribution < 1.29 is 23.4 Å². The normalized spacial score (nSPS) is 13.9. The van der Waals surface area contributed by atoms with E-state index in [4.69, 9.17) is 14.2 Å². The summed E-state index contributed by atoms with van der Waals surface area (Å²) in [6, 6.07) is 8.43. The largest absolute Gasteiger partial charge is 0.493 e. The van der Waals surface area contributed by atoms with Gasteiger partial charge in [0.25, 0.3) is 0 Å². The molecule has 0 aromatic heterocycles. The van der Waals surface area contributed by atoms with Crippen molar-refractivity contribution in [2.75, 3.05) is 48.5 Å². The monoisotopic (exact) mass is 468 g/mol. The van der Waals surface area contributed by atoms with E-state index in [1.54, 1.807) is 27.4 Å². The van der Waals surface area contributed by atoms with Gasteiger partial charge in [0.2, 0.25) is 11.7 Å². The van der Waals surface area contributed by atoms with E-state index >= 15 is 0 Å². The second-order valence-corrected chi connectivity index (χ2v) is 8.49. The number of hydrogen-bond acceptors (Lipinski definition) is 5. The molecule has 0 atom stereocenters. The lowest BCUT2D eigenvalue weighted by Crippen LogP contribution is -2.27. The summed E-state index contributed by atoms with van der Waals surface area (Å²) in [5, 5.41) is 2.98. The molecule has 0 aliphatic heterocycles. The fraction of sp³-hybridized carbons (Fsp3) is 0.370. The van der Waals surface area contributed by atoms with Crippen LogP contribution in [0.15, 0.2) is 35.9 Å². The van der Waals surface area contributed by atoms with Crippen LogP contribution in [0.1, 0.15) is 36.5 Å². The Bertz CT molecular complexity index is 1100. The van der Waals surface area contributed by atoms with Crippen LogP contribution in [0.4, 0.5) is 4.39 Å². The van der Waals surface area contributed by atoms with E-state index in [9.17, 15) is 9.18 Å². The smallest absolute Gasteiger partial charge is 0.224 e. The number of carbonyl (C=O) groups is 1. The van der Waals surface area contributed by atoms with Crippen molar-refractivity contribution in [3.63, 3.8) is 0 Å². The first kappa shape index (κ1) is 25.3. The first-order valence-electron chi connectivity index (χ1n) is 11.2. The second-order valence-electron chi connectivity index (χ2n) is 8.49. The highest BCUT2D eigenvalue weighted by Gasteiger charge is 2.26. The number of carbonyl (C=O) groups excluding carboxylic acids is 1. The first-order chi connectivity index (χ1) is 16.3. The number of ether oxygens (including phenoxy) is 3. The predicted octanol–water partition coefficient (Wildman–Crippen LogP) is 4.64. The molecular weight excluding hydrogens is 435 g/mol. The average molecular weight is 469 g/mol. The summed E-state index contributed by atoms with van der Waals surface area (Å²) in [6.07, 6.45) is 3.06. The van der Waals surface area contributed by atoms with Gasteiger partial charge in [-0.15, -0.1) is 0 Å². The zero-order valence-electron chi connectivity index (χ0n) is 20.8. The molecular formula is C27H33FN2O4. The molecule has 0 heterocycles. The number of nitrogens with one attached hydrogen (secondary N) is 1. The van der Waals surface area contributed by atoms with Gasteiger partial charge in [-0.25, -0.2) is 4.39 Å². The Labute approximate surface area is 201 Å². The van der Waals surface area contributed by atoms with Crippen molar-refractivity contribution in [1.82, 2.24) is 10.2 Å². The van der Waals surface area contributed by atoms with Crippen LogP contribution in [0.5, 0.6) is 17.2 Å². The van der Waals surface area contributed by atoms with Gasteiger partial charge in [0.1, 0.15) is 5.82 Å². The Morgan fingerprint density at radius 2 is 1.71 bits per heavy atom. The van der Waals surface area contributed by atoms with E-state index in [1.807, 2.05) is 39.2 Å². The Hall–Kier alpha value is -3.32. The fourth-order valence-electron chi connectivity index (χ4n) is 4.18. The maximum absolute atomic E-state index is 14.2. The zero-order valence-corrected chi connectivity index (χ0v) is 20.8. The maximum Gasteiger partial charge on any atom is 0.224 e. The van der Waals surface area contributed by atoms with Gasteiger partial charge in [0, 0.05) is 6.54 Å². The van der Waals surface area contributed by atoms with Gasteiger partial charge < -0.3 is 24.4 Å². The number of allylic oxidation sites excluding steroid dienone is 2. The highest BCUT2D eigenvalue weighted by atomic mass is 19.1. The third-order valence-corrected chi connectivity index (χ3v) is 5.89. The van der Waals surface area contributed by atoms with Crippen LogP contribution >= 0.6 is 0 Å². The van der Waals surface area contributed by atoms with E-state index in [0.29, 0.717) is 23.8 Å². The van der Waals surface area contributed by atoms with Crippen molar-refractivity contribution in [3.05, 3.63) is 58.4 Å². The number of halogens is 1. The summed E-state index contributed by atoms with van der Waals surface area (Å²) in [5.41, 5.74) is 5.19. The molecule has 182 valence electrons. The average Bonchev–Trinajstić information content (AvgIpc) is 3.06. The molecule has 34 heavy (non-hydrogen) atoms. The molecule has 0 radical (unpaired) electrons.